The summed E-state index contributed by atoms with van der Waals surface area (Å²) in [7, 11) is 0. The zero-order chi connectivity index (χ0) is 27.8. The average molecular weight is 572 g/mol. The number of anilines is 1. The number of nitriles is 1. The molecular formula is C33H38ClN5O2. The van der Waals surface area contributed by atoms with Gasteiger partial charge in [-0.1, -0.05) is 41.9 Å². The number of aromatic nitrogens is 2. The van der Waals surface area contributed by atoms with Crippen molar-refractivity contribution in [3.8, 4) is 12.1 Å². The standard InChI is InChI=1S/C33H38ClN5O2/c34-27-10-4-8-24-7-3-9-25(30(24)27)29-18-28-26(20-40-29)31(39-17-5-6-23(19-39)11-14-35)37-32(36-28)41-22-33(12-13-33)21-38-15-1-2-16-38/h3-4,7-10,23,29H,1-2,5-6,11-13,15-22H2/t23-,29?/m0/s1. The summed E-state index contributed by atoms with van der Waals surface area (Å²) in [6.45, 7) is 6.39. The molecule has 214 valence electrons. The fourth-order valence-electron chi connectivity index (χ4n) is 7.06. The fraction of sp³-hybridized carbons (Fsp3) is 0.545. The molecule has 1 saturated carbocycles. The number of hydrogen-bond acceptors (Lipinski definition) is 7. The van der Waals surface area contributed by atoms with E-state index in [-0.39, 0.29) is 11.5 Å². The van der Waals surface area contributed by atoms with Crippen molar-refractivity contribution >= 4 is 28.2 Å². The summed E-state index contributed by atoms with van der Waals surface area (Å²) in [6.07, 6.45) is 8.23. The molecule has 3 fully saturated rings. The second-order valence-corrected chi connectivity index (χ2v) is 12.9. The quantitative estimate of drug-likeness (QED) is 0.306. The van der Waals surface area contributed by atoms with Crippen molar-refractivity contribution in [2.24, 2.45) is 11.3 Å². The molecule has 7 rings (SSSR count). The van der Waals surface area contributed by atoms with Gasteiger partial charge in [0.15, 0.2) is 0 Å². The lowest BCUT2D eigenvalue weighted by Crippen LogP contribution is -2.37. The number of fused-ring (bicyclic) bond motifs is 2. The molecule has 2 aromatic carbocycles. The fourth-order valence-corrected chi connectivity index (χ4v) is 7.35. The van der Waals surface area contributed by atoms with Crippen LogP contribution in [0, 0.1) is 22.7 Å². The third-order valence-corrected chi connectivity index (χ3v) is 9.83. The van der Waals surface area contributed by atoms with Crippen LogP contribution in [0.25, 0.3) is 10.8 Å². The van der Waals surface area contributed by atoms with Gasteiger partial charge in [0.25, 0.3) is 0 Å². The van der Waals surface area contributed by atoms with Crippen LogP contribution in [0.5, 0.6) is 6.01 Å². The zero-order valence-corrected chi connectivity index (χ0v) is 24.4. The molecule has 1 aliphatic carbocycles. The predicted octanol–water partition coefficient (Wildman–Crippen LogP) is 6.48. The van der Waals surface area contributed by atoms with Crippen molar-refractivity contribution in [3.63, 3.8) is 0 Å². The number of benzene rings is 2. The Morgan fingerprint density at radius 1 is 1.07 bits per heavy atom. The van der Waals surface area contributed by atoms with Crippen LogP contribution < -0.4 is 9.64 Å². The first-order valence-corrected chi connectivity index (χ1v) is 15.6. The topological polar surface area (TPSA) is 74.5 Å². The highest BCUT2D eigenvalue weighted by atomic mass is 35.5. The van der Waals surface area contributed by atoms with Crippen LogP contribution in [-0.2, 0) is 17.8 Å². The molecule has 41 heavy (non-hydrogen) atoms. The summed E-state index contributed by atoms with van der Waals surface area (Å²) in [6, 6.07) is 15.2. The summed E-state index contributed by atoms with van der Waals surface area (Å²) in [5.41, 5.74) is 3.38. The Balaban J connectivity index is 1.19. The minimum Gasteiger partial charge on any atom is -0.463 e. The van der Waals surface area contributed by atoms with Crippen molar-refractivity contribution in [3.05, 3.63) is 58.2 Å². The SMILES string of the molecule is N#CC[C@@H]1CCCN(c2nc(OCC3(CN4CCCC4)CC3)nc3c2COC(c2cccc4cccc(Cl)c24)C3)C1. The molecule has 0 spiro atoms. The summed E-state index contributed by atoms with van der Waals surface area (Å²) in [5.74, 6) is 1.28. The largest absolute Gasteiger partial charge is 0.463 e. The van der Waals surface area contributed by atoms with Crippen LogP contribution >= 0.6 is 11.6 Å². The van der Waals surface area contributed by atoms with Gasteiger partial charge in [-0.25, -0.2) is 0 Å². The summed E-state index contributed by atoms with van der Waals surface area (Å²) in [4.78, 5) is 15.0. The third-order valence-electron chi connectivity index (χ3n) is 9.51. The summed E-state index contributed by atoms with van der Waals surface area (Å²) in [5, 5.41) is 12.2. The van der Waals surface area contributed by atoms with Crippen molar-refractivity contribution in [2.45, 2.75) is 64.1 Å². The maximum atomic E-state index is 9.35. The Morgan fingerprint density at radius 2 is 1.90 bits per heavy atom. The van der Waals surface area contributed by atoms with Gasteiger partial charge in [-0.15, -0.1) is 0 Å². The molecule has 3 aromatic rings. The van der Waals surface area contributed by atoms with Crippen molar-refractivity contribution in [1.82, 2.24) is 14.9 Å². The first kappa shape index (κ1) is 26.9. The van der Waals surface area contributed by atoms with Gasteiger partial charge in [0.2, 0.25) is 0 Å². The molecule has 1 unspecified atom stereocenters. The van der Waals surface area contributed by atoms with E-state index in [1.807, 2.05) is 12.1 Å². The second-order valence-electron chi connectivity index (χ2n) is 12.5. The molecule has 2 saturated heterocycles. The van der Waals surface area contributed by atoms with Gasteiger partial charge in [0, 0.05) is 53.9 Å². The molecule has 0 bridgehead atoms. The van der Waals surface area contributed by atoms with Crippen molar-refractivity contribution < 1.29 is 9.47 Å². The van der Waals surface area contributed by atoms with Crippen LogP contribution in [0.15, 0.2) is 36.4 Å². The number of piperidine rings is 1. The molecule has 0 N–H and O–H groups in total. The van der Waals surface area contributed by atoms with Gasteiger partial charge in [0.1, 0.15) is 5.82 Å². The second kappa shape index (κ2) is 11.4. The Kier molecular flexibility index (Phi) is 7.49. The minimum absolute atomic E-state index is 0.153. The van der Waals surface area contributed by atoms with Crippen LogP contribution in [0.4, 0.5) is 5.82 Å². The number of likely N-dealkylation sites (tertiary alicyclic amines) is 1. The zero-order valence-electron chi connectivity index (χ0n) is 23.7. The normalized spacial score (nSPS) is 23.8. The van der Waals surface area contributed by atoms with Gasteiger partial charge < -0.3 is 19.3 Å². The maximum Gasteiger partial charge on any atom is 0.318 e. The monoisotopic (exact) mass is 571 g/mol. The molecule has 0 amide bonds. The third kappa shape index (κ3) is 5.62. The van der Waals surface area contributed by atoms with Crippen molar-refractivity contribution in [1.29, 1.82) is 5.26 Å². The van der Waals surface area contributed by atoms with Crippen LogP contribution in [0.2, 0.25) is 5.02 Å². The number of nitrogens with zero attached hydrogens (tertiary/aromatic N) is 5. The van der Waals surface area contributed by atoms with Gasteiger partial charge in [-0.2, -0.15) is 15.2 Å². The van der Waals surface area contributed by atoms with Gasteiger partial charge in [-0.05, 0) is 74.5 Å². The Morgan fingerprint density at radius 3 is 2.71 bits per heavy atom. The van der Waals surface area contributed by atoms with Crippen LogP contribution in [0.1, 0.15) is 67.9 Å². The van der Waals surface area contributed by atoms with Gasteiger partial charge in [-0.3, -0.25) is 0 Å². The van der Waals surface area contributed by atoms with Crippen LogP contribution in [-0.4, -0.2) is 54.2 Å². The highest BCUT2D eigenvalue weighted by molar-refractivity contribution is 6.35. The molecular weight excluding hydrogens is 534 g/mol. The molecule has 1 aromatic heterocycles. The van der Waals surface area contributed by atoms with E-state index in [1.165, 1.54) is 38.8 Å². The smallest absolute Gasteiger partial charge is 0.318 e. The van der Waals surface area contributed by atoms with E-state index in [4.69, 9.17) is 31.0 Å². The number of hydrogen-bond donors (Lipinski definition) is 0. The van der Waals surface area contributed by atoms with Gasteiger partial charge in [0.05, 0.1) is 31.1 Å². The first-order valence-electron chi connectivity index (χ1n) is 15.3. The van der Waals surface area contributed by atoms with E-state index in [2.05, 4.69) is 40.1 Å². The summed E-state index contributed by atoms with van der Waals surface area (Å²) >= 11 is 6.69. The lowest BCUT2D eigenvalue weighted by molar-refractivity contribution is 0.0264. The van der Waals surface area contributed by atoms with E-state index in [0.29, 0.717) is 38.0 Å². The van der Waals surface area contributed by atoms with E-state index in [0.717, 1.165) is 70.9 Å². The van der Waals surface area contributed by atoms with E-state index < -0.39 is 0 Å². The highest BCUT2D eigenvalue weighted by Crippen LogP contribution is 2.47. The molecule has 0 radical (unpaired) electrons. The highest BCUT2D eigenvalue weighted by Gasteiger charge is 2.45. The van der Waals surface area contributed by atoms with Crippen molar-refractivity contribution in [2.75, 3.05) is 44.2 Å². The molecule has 4 aliphatic rings. The van der Waals surface area contributed by atoms with E-state index in [1.54, 1.807) is 0 Å². The summed E-state index contributed by atoms with van der Waals surface area (Å²) < 4.78 is 13.0. The Hall–Kier alpha value is -2.92. The molecule has 2 atom stereocenters. The predicted molar refractivity (Wildman–Crippen MR) is 160 cm³/mol. The molecule has 7 nitrogen and oxygen atoms in total. The first-order chi connectivity index (χ1) is 20.1. The molecule has 3 aliphatic heterocycles. The molecule has 8 heteroatoms. The molecule has 4 heterocycles. The average Bonchev–Trinajstić information content (AvgIpc) is 3.57. The minimum atomic E-state index is -0.153. The lowest BCUT2D eigenvalue weighted by atomic mass is 9.93. The van der Waals surface area contributed by atoms with Crippen LogP contribution in [0.3, 0.4) is 0 Å². The number of ether oxygens (including phenoxy) is 2. The lowest BCUT2D eigenvalue weighted by Gasteiger charge is -2.36. The van der Waals surface area contributed by atoms with E-state index in [9.17, 15) is 5.26 Å². The Labute approximate surface area is 247 Å². The number of rotatable bonds is 8. The van der Waals surface area contributed by atoms with Gasteiger partial charge >= 0.3 is 6.01 Å². The van der Waals surface area contributed by atoms with E-state index >= 15 is 0 Å². The Bertz CT molecular complexity index is 1460. The number of halogens is 1. The maximum absolute atomic E-state index is 9.35.